The summed E-state index contributed by atoms with van der Waals surface area (Å²) in [6.45, 7) is 3.58. The molecule has 0 aromatic carbocycles. The summed E-state index contributed by atoms with van der Waals surface area (Å²) < 4.78 is 26.3. The van der Waals surface area contributed by atoms with Gasteiger partial charge in [-0.05, 0) is 36.9 Å². The molecule has 20 heavy (non-hydrogen) atoms. The molecule has 112 valence electrons. The number of hydrogen-bond acceptors (Lipinski definition) is 5. The van der Waals surface area contributed by atoms with Gasteiger partial charge in [0.15, 0.2) is 0 Å². The van der Waals surface area contributed by atoms with Gasteiger partial charge in [0.05, 0.1) is 6.54 Å². The lowest BCUT2D eigenvalue weighted by atomic mass is 9.95. The molecule has 2 atom stereocenters. The van der Waals surface area contributed by atoms with E-state index in [0.717, 1.165) is 30.8 Å². The zero-order valence-electron chi connectivity index (χ0n) is 11.3. The fourth-order valence-corrected chi connectivity index (χ4v) is 4.15. The highest BCUT2D eigenvalue weighted by molar-refractivity contribution is 7.91. The van der Waals surface area contributed by atoms with E-state index in [1.807, 2.05) is 0 Å². The Kier molecular flexibility index (Phi) is 5.14. The van der Waals surface area contributed by atoms with Crippen molar-refractivity contribution in [3.63, 3.8) is 0 Å². The van der Waals surface area contributed by atoms with Crippen LogP contribution in [0.4, 0.5) is 0 Å². The minimum Gasteiger partial charge on any atom is -0.352 e. The SMILES string of the molecule is CC1CNCCC1NC(=O)CNS(=O)(=O)c1cccs1. The molecule has 0 saturated carbocycles. The number of piperidine rings is 1. The molecule has 1 saturated heterocycles. The van der Waals surface area contributed by atoms with Crippen molar-refractivity contribution in [3.05, 3.63) is 17.5 Å². The molecular formula is C12H19N3O3S2. The van der Waals surface area contributed by atoms with Gasteiger partial charge in [-0.25, -0.2) is 13.1 Å². The number of thiophene rings is 1. The molecule has 1 fully saturated rings. The Morgan fingerprint density at radius 2 is 2.35 bits per heavy atom. The van der Waals surface area contributed by atoms with Gasteiger partial charge in [0, 0.05) is 6.04 Å². The molecule has 1 aliphatic rings. The molecule has 1 aliphatic heterocycles. The van der Waals surface area contributed by atoms with E-state index in [9.17, 15) is 13.2 Å². The van der Waals surface area contributed by atoms with Crippen LogP contribution in [0.25, 0.3) is 0 Å². The number of nitrogens with one attached hydrogen (secondary N) is 3. The van der Waals surface area contributed by atoms with Crippen LogP contribution < -0.4 is 15.4 Å². The normalized spacial score (nSPS) is 23.4. The molecule has 2 unspecified atom stereocenters. The predicted octanol–water partition coefficient (Wildman–Crippen LogP) is 0.141. The molecule has 0 bridgehead atoms. The average molecular weight is 317 g/mol. The first kappa shape index (κ1) is 15.4. The number of carbonyl (C=O) groups is 1. The van der Waals surface area contributed by atoms with Crippen LogP contribution >= 0.6 is 11.3 Å². The molecule has 0 aliphatic carbocycles. The van der Waals surface area contributed by atoms with Gasteiger partial charge < -0.3 is 10.6 Å². The van der Waals surface area contributed by atoms with Crippen molar-refractivity contribution in [2.75, 3.05) is 19.6 Å². The van der Waals surface area contributed by atoms with Gasteiger partial charge in [-0.1, -0.05) is 13.0 Å². The second-order valence-electron chi connectivity index (χ2n) is 4.90. The molecule has 0 spiro atoms. The van der Waals surface area contributed by atoms with Crippen molar-refractivity contribution in [2.45, 2.75) is 23.6 Å². The highest BCUT2D eigenvalue weighted by atomic mass is 32.2. The largest absolute Gasteiger partial charge is 0.352 e. The Balaban J connectivity index is 1.83. The van der Waals surface area contributed by atoms with Crippen LogP contribution in [0.3, 0.4) is 0 Å². The minimum absolute atomic E-state index is 0.106. The molecule has 3 N–H and O–H groups in total. The van der Waals surface area contributed by atoms with Gasteiger partial charge in [-0.3, -0.25) is 4.79 Å². The Morgan fingerprint density at radius 1 is 1.55 bits per heavy atom. The zero-order chi connectivity index (χ0) is 14.6. The van der Waals surface area contributed by atoms with Crippen molar-refractivity contribution in [1.29, 1.82) is 0 Å². The summed E-state index contributed by atoms with van der Waals surface area (Å²) >= 11 is 1.13. The third-order valence-corrected chi connectivity index (χ3v) is 6.11. The average Bonchev–Trinajstić information content (AvgIpc) is 2.94. The molecular weight excluding hydrogens is 298 g/mol. The molecule has 2 rings (SSSR count). The van der Waals surface area contributed by atoms with Crippen LogP contribution in [0.15, 0.2) is 21.7 Å². The molecule has 0 radical (unpaired) electrons. The van der Waals surface area contributed by atoms with E-state index in [2.05, 4.69) is 22.3 Å². The van der Waals surface area contributed by atoms with Crippen molar-refractivity contribution < 1.29 is 13.2 Å². The highest BCUT2D eigenvalue weighted by Crippen LogP contribution is 2.15. The Bertz CT molecular complexity index is 542. The van der Waals surface area contributed by atoms with Crippen molar-refractivity contribution in [3.8, 4) is 0 Å². The molecule has 2 heterocycles. The number of amides is 1. The number of carbonyl (C=O) groups excluding carboxylic acids is 1. The number of hydrogen-bond donors (Lipinski definition) is 3. The maximum Gasteiger partial charge on any atom is 0.250 e. The second kappa shape index (κ2) is 6.66. The first-order valence-electron chi connectivity index (χ1n) is 6.52. The quantitative estimate of drug-likeness (QED) is 0.721. The standard InChI is InChI=1S/C12H19N3O3S2/c1-9-7-13-5-4-10(9)15-11(16)8-14-20(17,18)12-3-2-6-19-12/h2-3,6,9-10,13-14H,4-5,7-8H2,1H3,(H,15,16). The number of sulfonamides is 1. The smallest absolute Gasteiger partial charge is 0.250 e. The van der Waals surface area contributed by atoms with Gasteiger partial charge in [0.2, 0.25) is 5.91 Å². The second-order valence-corrected chi connectivity index (χ2v) is 7.84. The zero-order valence-corrected chi connectivity index (χ0v) is 12.9. The monoisotopic (exact) mass is 317 g/mol. The van der Waals surface area contributed by atoms with E-state index in [-0.39, 0.29) is 22.7 Å². The third-order valence-electron chi connectivity index (χ3n) is 3.31. The summed E-state index contributed by atoms with van der Waals surface area (Å²) in [4.78, 5) is 11.8. The number of rotatable bonds is 5. The maximum absolute atomic E-state index is 11.9. The van der Waals surface area contributed by atoms with Crippen LogP contribution in [-0.4, -0.2) is 40.0 Å². The minimum atomic E-state index is -3.57. The lowest BCUT2D eigenvalue weighted by molar-refractivity contribution is -0.121. The van der Waals surface area contributed by atoms with Gasteiger partial charge in [-0.15, -0.1) is 11.3 Å². The van der Waals surface area contributed by atoms with Gasteiger partial charge >= 0.3 is 0 Å². The van der Waals surface area contributed by atoms with Gasteiger partial charge in [0.25, 0.3) is 10.0 Å². The van der Waals surface area contributed by atoms with Crippen LogP contribution in [0.2, 0.25) is 0 Å². The fraction of sp³-hybridized carbons (Fsp3) is 0.583. The Labute approximate surface area is 123 Å². The molecule has 1 aromatic rings. The lowest BCUT2D eigenvalue weighted by Gasteiger charge is -2.30. The van der Waals surface area contributed by atoms with Gasteiger partial charge in [0.1, 0.15) is 4.21 Å². The van der Waals surface area contributed by atoms with Crippen LogP contribution in [0, 0.1) is 5.92 Å². The summed E-state index contributed by atoms with van der Waals surface area (Å²) in [5.41, 5.74) is 0. The fourth-order valence-electron chi connectivity index (χ4n) is 2.13. The molecule has 6 nitrogen and oxygen atoms in total. The Morgan fingerprint density at radius 3 is 3.00 bits per heavy atom. The van der Waals surface area contributed by atoms with E-state index < -0.39 is 10.0 Å². The third kappa shape index (κ3) is 4.02. The van der Waals surface area contributed by atoms with E-state index in [4.69, 9.17) is 0 Å². The summed E-state index contributed by atoms with van der Waals surface area (Å²) in [7, 11) is -3.57. The van der Waals surface area contributed by atoms with E-state index >= 15 is 0 Å². The first-order valence-corrected chi connectivity index (χ1v) is 8.88. The van der Waals surface area contributed by atoms with Crippen molar-refractivity contribution >= 4 is 27.3 Å². The van der Waals surface area contributed by atoms with Crippen molar-refractivity contribution in [2.24, 2.45) is 5.92 Å². The van der Waals surface area contributed by atoms with E-state index in [1.165, 1.54) is 6.07 Å². The lowest BCUT2D eigenvalue weighted by Crippen LogP contribution is -2.50. The van der Waals surface area contributed by atoms with Crippen LogP contribution in [0.1, 0.15) is 13.3 Å². The van der Waals surface area contributed by atoms with Crippen LogP contribution in [-0.2, 0) is 14.8 Å². The Hall–Kier alpha value is -0.960. The first-order chi connectivity index (χ1) is 9.49. The molecule has 1 aromatic heterocycles. The topological polar surface area (TPSA) is 87.3 Å². The predicted molar refractivity (Wildman–Crippen MR) is 78.1 cm³/mol. The molecule has 8 heteroatoms. The molecule has 1 amide bonds. The highest BCUT2D eigenvalue weighted by Gasteiger charge is 2.23. The van der Waals surface area contributed by atoms with Crippen molar-refractivity contribution in [1.82, 2.24) is 15.4 Å². The van der Waals surface area contributed by atoms with E-state index in [1.54, 1.807) is 11.4 Å². The summed E-state index contributed by atoms with van der Waals surface area (Å²) in [6.07, 6.45) is 0.866. The maximum atomic E-state index is 11.9. The summed E-state index contributed by atoms with van der Waals surface area (Å²) in [6, 6.07) is 3.28. The summed E-state index contributed by atoms with van der Waals surface area (Å²) in [5.74, 6) is 0.0606. The van der Waals surface area contributed by atoms with E-state index in [0.29, 0.717) is 5.92 Å². The van der Waals surface area contributed by atoms with Gasteiger partial charge in [-0.2, -0.15) is 0 Å². The van der Waals surface area contributed by atoms with Crippen LogP contribution in [0.5, 0.6) is 0 Å². The summed E-state index contributed by atoms with van der Waals surface area (Å²) in [5, 5.41) is 7.82.